The zero-order valence-electron chi connectivity index (χ0n) is 32.0. The fourth-order valence-electron chi connectivity index (χ4n) is 9.13. The Kier molecular flexibility index (Phi) is 7.75. The highest BCUT2D eigenvalue weighted by molar-refractivity contribution is 7.26. The topological polar surface area (TPSA) is 16.4 Å². The number of hydrogen-bond donors (Lipinski definition) is 0. The van der Waals surface area contributed by atoms with Crippen LogP contribution in [0.3, 0.4) is 0 Å². The van der Waals surface area contributed by atoms with E-state index in [0.29, 0.717) is 0 Å². The standard InChI is InChI=1S/C56H35NOS/c1-3-14-36(15-4-1)37-26-30-40(31-27-37)57(41-32-28-39(29-33-41)43-23-13-24-49-46-20-11-12-25-51(46)59-56(43)49)53-42(38-16-5-2-6-17-38)34-35-50-52-47-21-9-7-18-44(47)45-19-8-10-22-48(45)54(52)58-55(50)53/h1-35H. The number of thiophene rings is 1. The first-order valence-electron chi connectivity index (χ1n) is 20.1. The van der Waals surface area contributed by atoms with Crippen molar-refractivity contribution in [1.29, 1.82) is 0 Å². The molecule has 0 spiro atoms. The summed E-state index contributed by atoms with van der Waals surface area (Å²) in [6.45, 7) is 0. The molecule has 0 saturated heterocycles. The first kappa shape index (κ1) is 33.7. The molecule has 0 aliphatic heterocycles. The van der Waals surface area contributed by atoms with E-state index in [9.17, 15) is 0 Å². The van der Waals surface area contributed by atoms with E-state index in [1.807, 2.05) is 11.3 Å². The van der Waals surface area contributed by atoms with Gasteiger partial charge < -0.3 is 9.32 Å². The van der Waals surface area contributed by atoms with E-state index in [1.165, 1.54) is 58.6 Å². The Morgan fingerprint density at radius 3 is 1.56 bits per heavy atom. The highest BCUT2D eigenvalue weighted by Gasteiger charge is 2.26. The lowest BCUT2D eigenvalue weighted by Gasteiger charge is -2.28. The summed E-state index contributed by atoms with van der Waals surface area (Å²) in [5, 5.41) is 9.57. The highest BCUT2D eigenvalue weighted by atomic mass is 32.1. The van der Waals surface area contributed by atoms with Crippen LogP contribution >= 0.6 is 11.3 Å². The summed E-state index contributed by atoms with van der Waals surface area (Å²) in [6, 6.07) is 76.7. The fourth-order valence-corrected chi connectivity index (χ4v) is 10.4. The average Bonchev–Trinajstić information content (AvgIpc) is 3.90. The minimum atomic E-state index is 0.856. The number of fused-ring (bicyclic) bond motifs is 11. The molecule has 0 amide bonds. The van der Waals surface area contributed by atoms with Gasteiger partial charge in [0.25, 0.3) is 0 Å². The van der Waals surface area contributed by atoms with Crippen molar-refractivity contribution in [1.82, 2.24) is 0 Å². The van der Waals surface area contributed by atoms with Gasteiger partial charge >= 0.3 is 0 Å². The smallest absolute Gasteiger partial charge is 0.160 e. The summed E-state index contributed by atoms with van der Waals surface area (Å²) in [4.78, 5) is 2.40. The van der Waals surface area contributed by atoms with Crippen molar-refractivity contribution in [3.63, 3.8) is 0 Å². The zero-order valence-corrected chi connectivity index (χ0v) is 32.8. The van der Waals surface area contributed by atoms with Gasteiger partial charge in [0.2, 0.25) is 0 Å². The van der Waals surface area contributed by atoms with E-state index in [1.54, 1.807) is 0 Å². The van der Waals surface area contributed by atoms with Crippen molar-refractivity contribution >= 4 is 92.1 Å². The monoisotopic (exact) mass is 769 g/mol. The van der Waals surface area contributed by atoms with Gasteiger partial charge in [-0.25, -0.2) is 0 Å². The van der Waals surface area contributed by atoms with Gasteiger partial charge in [0.05, 0.1) is 5.69 Å². The van der Waals surface area contributed by atoms with Crippen LogP contribution in [0.15, 0.2) is 217 Å². The van der Waals surface area contributed by atoms with Crippen LogP contribution in [0.2, 0.25) is 0 Å². The number of nitrogens with zero attached hydrogens (tertiary/aromatic N) is 1. The summed E-state index contributed by atoms with van der Waals surface area (Å²) in [6.07, 6.45) is 0. The lowest BCUT2D eigenvalue weighted by Crippen LogP contribution is -2.11. The molecule has 276 valence electrons. The van der Waals surface area contributed by atoms with Crippen LogP contribution < -0.4 is 4.90 Å². The molecule has 2 heterocycles. The molecule has 0 radical (unpaired) electrons. The maximum Gasteiger partial charge on any atom is 0.160 e. The quantitative estimate of drug-likeness (QED) is 0.157. The third kappa shape index (κ3) is 5.40. The van der Waals surface area contributed by atoms with E-state index in [-0.39, 0.29) is 0 Å². The second-order valence-corrected chi connectivity index (χ2v) is 16.2. The van der Waals surface area contributed by atoms with Crippen LogP contribution in [0.1, 0.15) is 0 Å². The second kappa shape index (κ2) is 13.6. The van der Waals surface area contributed by atoms with Crippen LogP contribution in [-0.4, -0.2) is 0 Å². The molecule has 0 saturated carbocycles. The predicted molar refractivity (Wildman–Crippen MR) is 253 cm³/mol. The van der Waals surface area contributed by atoms with E-state index in [0.717, 1.165) is 55.5 Å². The van der Waals surface area contributed by atoms with E-state index in [2.05, 4.69) is 217 Å². The van der Waals surface area contributed by atoms with Crippen molar-refractivity contribution in [2.45, 2.75) is 0 Å². The zero-order chi connectivity index (χ0) is 38.9. The van der Waals surface area contributed by atoms with Gasteiger partial charge in [-0.15, -0.1) is 11.3 Å². The van der Waals surface area contributed by atoms with Crippen molar-refractivity contribution in [3.05, 3.63) is 212 Å². The summed E-state index contributed by atoms with van der Waals surface area (Å²) >= 11 is 1.87. The molecular weight excluding hydrogens is 735 g/mol. The third-order valence-corrected chi connectivity index (χ3v) is 13.1. The van der Waals surface area contributed by atoms with Gasteiger partial charge in [-0.1, -0.05) is 176 Å². The second-order valence-electron chi connectivity index (χ2n) is 15.2. The van der Waals surface area contributed by atoms with Crippen molar-refractivity contribution in [2.75, 3.05) is 4.90 Å². The van der Waals surface area contributed by atoms with Gasteiger partial charge in [0, 0.05) is 53.3 Å². The Morgan fingerprint density at radius 1 is 0.322 bits per heavy atom. The van der Waals surface area contributed by atoms with Gasteiger partial charge in [-0.05, 0) is 80.4 Å². The van der Waals surface area contributed by atoms with Gasteiger partial charge in [-0.3, -0.25) is 0 Å². The lowest BCUT2D eigenvalue weighted by atomic mass is 9.95. The van der Waals surface area contributed by atoms with Crippen LogP contribution in [0.4, 0.5) is 17.1 Å². The number of anilines is 3. The molecule has 0 aliphatic rings. The molecule has 59 heavy (non-hydrogen) atoms. The molecule has 0 aliphatic carbocycles. The predicted octanol–water partition coefficient (Wildman–Crippen LogP) is 16.7. The summed E-state index contributed by atoms with van der Waals surface area (Å²) < 4.78 is 9.94. The number of benzene rings is 10. The molecule has 12 aromatic rings. The Hall–Kier alpha value is -7.46. The Labute approximate surface area is 345 Å². The van der Waals surface area contributed by atoms with Crippen LogP contribution in [0.25, 0.3) is 97.0 Å². The molecule has 2 nitrogen and oxygen atoms in total. The van der Waals surface area contributed by atoms with Crippen molar-refractivity contribution in [2.24, 2.45) is 0 Å². The Bertz CT molecular complexity index is 3530. The Balaban J connectivity index is 1.13. The van der Waals surface area contributed by atoms with E-state index >= 15 is 0 Å². The molecule has 0 unspecified atom stereocenters. The summed E-state index contributed by atoms with van der Waals surface area (Å²) in [7, 11) is 0. The summed E-state index contributed by atoms with van der Waals surface area (Å²) in [5.74, 6) is 0. The Morgan fingerprint density at radius 2 is 0.847 bits per heavy atom. The normalized spacial score (nSPS) is 11.7. The van der Waals surface area contributed by atoms with Gasteiger partial charge in [0.15, 0.2) is 5.58 Å². The number of furan rings is 1. The number of rotatable bonds is 6. The van der Waals surface area contributed by atoms with E-state index < -0.39 is 0 Å². The van der Waals surface area contributed by atoms with Crippen LogP contribution in [-0.2, 0) is 0 Å². The molecule has 0 fully saturated rings. The van der Waals surface area contributed by atoms with Gasteiger partial charge in [-0.2, -0.15) is 0 Å². The molecule has 2 aromatic heterocycles. The first-order valence-corrected chi connectivity index (χ1v) is 20.9. The van der Waals surface area contributed by atoms with Crippen LogP contribution in [0.5, 0.6) is 0 Å². The maximum atomic E-state index is 7.31. The average molecular weight is 770 g/mol. The van der Waals surface area contributed by atoms with Gasteiger partial charge in [0.1, 0.15) is 5.58 Å². The van der Waals surface area contributed by atoms with Crippen LogP contribution in [0, 0.1) is 0 Å². The molecule has 0 bridgehead atoms. The molecule has 12 rings (SSSR count). The first-order chi connectivity index (χ1) is 29.3. The molecule has 10 aromatic carbocycles. The maximum absolute atomic E-state index is 7.31. The highest BCUT2D eigenvalue weighted by Crippen LogP contribution is 2.50. The minimum Gasteiger partial charge on any atom is -0.453 e. The number of hydrogen-bond acceptors (Lipinski definition) is 3. The van der Waals surface area contributed by atoms with Crippen molar-refractivity contribution in [3.8, 4) is 33.4 Å². The van der Waals surface area contributed by atoms with E-state index in [4.69, 9.17) is 4.42 Å². The molecule has 3 heteroatoms. The minimum absolute atomic E-state index is 0.856. The molecular formula is C56H35NOS. The SMILES string of the molecule is c1ccc(-c2ccc(N(c3ccc(-c4cccc5c4sc4ccccc45)cc3)c3c(-c4ccccc4)ccc4c3oc3c5ccccc5c5ccccc5c43)cc2)cc1. The largest absolute Gasteiger partial charge is 0.453 e. The molecule has 0 atom stereocenters. The fraction of sp³-hybridized carbons (Fsp3) is 0. The third-order valence-electron chi connectivity index (χ3n) is 11.9. The summed E-state index contributed by atoms with van der Waals surface area (Å²) in [5.41, 5.74) is 11.9. The lowest BCUT2D eigenvalue weighted by molar-refractivity contribution is 0.673. The van der Waals surface area contributed by atoms with Crippen molar-refractivity contribution < 1.29 is 4.42 Å². The molecule has 0 N–H and O–H groups in total.